The molecule has 0 saturated heterocycles. The van der Waals surface area contributed by atoms with E-state index < -0.39 is 6.10 Å². The predicted octanol–water partition coefficient (Wildman–Crippen LogP) is 3.89. The van der Waals surface area contributed by atoms with Gasteiger partial charge in [-0.05, 0) is 43.7 Å². The first kappa shape index (κ1) is 18.8. The number of carbonyl (C=O) groups is 2. The molecule has 0 heterocycles. The van der Waals surface area contributed by atoms with Crippen LogP contribution in [-0.2, 0) is 4.79 Å². The Bertz CT molecular complexity index is 749. The topological polar surface area (TPSA) is 67.4 Å². The monoisotopic (exact) mass is 360 g/mol. The molecule has 2 rings (SSSR count). The summed E-state index contributed by atoms with van der Waals surface area (Å²) in [4.78, 5) is 24.3. The van der Waals surface area contributed by atoms with Gasteiger partial charge in [0, 0.05) is 17.8 Å². The van der Waals surface area contributed by atoms with Gasteiger partial charge < -0.3 is 15.4 Å². The number of hydrogen-bond donors (Lipinski definition) is 2. The lowest BCUT2D eigenvalue weighted by Crippen LogP contribution is -2.30. The van der Waals surface area contributed by atoms with Crippen molar-refractivity contribution in [3.8, 4) is 5.75 Å². The van der Waals surface area contributed by atoms with Gasteiger partial charge in [0.2, 0.25) is 0 Å². The summed E-state index contributed by atoms with van der Waals surface area (Å²) in [7, 11) is 0. The van der Waals surface area contributed by atoms with Crippen LogP contribution in [0.25, 0.3) is 0 Å². The molecule has 2 N–H and O–H groups in total. The summed E-state index contributed by atoms with van der Waals surface area (Å²) in [6.07, 6.45) is 0.122. The van der Waals surface area contributed by atoms with Crippen LogP contribution in [0, 0.1) is 0 Å². The maximum absolute atomic E-state index is 12.3. The molecule has 0 saturated carbocycles. The molecular weight excluding hydrogens is 340 g/mol. The first-order valence-corrected chi connectivity index (χ1v) is 8.49. The number of para-hydroxylation sites is 1. The van der Waals surface area contributed by atoms with Crippen molar-refractivity contribution in [2.75, 3.05) is 11.9 Å². The third kappa shape index (κ3) is 5.50. The second kappa shape index (κ2) is 9.08. The first-order chi connectivity index (χ1) is 12.0. The standard InChI is InChI=1S/C19H21ClN2O3/c1-3-11-21-19(24)14-7-6-8-15(12-14)22-18(23)13(2)25-17-10-5-4-9-16(17)20/h4-10,12-13H,3,11H2,1-2H3,(H,21,24)(H,22,23). The quantitative estimate of drug-likeness (QED) is 0.787. The van der Waals surface area contributed by atoms with Gasteiger partial charge in [0.1, 0.15) is 5.75 Å². The van der Waals surface area contributed by atoms with Crippen molar-refractivity contribution in [2.45, 2.75) is 26.4 Å². The summed E-state index contributed by atoms with van der Waals surface area (Å²) in [5.41, 5.74) is 1.02. The minimum atomic E-state index is -0.738. The fraction of sp³-hybridized carbons (Fsp3) is 0.263. The molecule has 6 heteroatoms. The van der Waals surface area contributed by atoms with Gasteiger partial charge in [0.05, 0.1) is 5.02 Å². The number of anilines is 1. The Morgan fingerprint density at radius 3 is 2.64 bits per heavy atom. The normalized spacial score (nSPS) is 11.5. The maximum atomic E-state index is 12.3. The number of hydrogen-bond acceptors (Lipinski definition) is 3. The van der Waals surface area contributed by atoms with E-state index in [0.29, 0.717) is 28.6 Å². The number of benzene rings is 2. The Morgan fingerprint density at radius 2 is 1.92 bits per heavy atom. The third-order valence-corrected chi connectivity index (χ3v) is 3.75. The van der Waals surface area contributed by atoms with Crippen molar-refractivity contribution in [1.82, 2.24) is 5.32 Å². The Hall–Kier alpha value is -2.53. The van der Waals surface area contributed by atoms with E-state index in [1.807, 2.05) is 6.92 Å². The fourth-order valence-electron chi connectivity index (χ4n) is 2.11. The molecule has 0 aliphatic rings. The Kier molecular flexibility index (Phi) is 6.83. The second-order valence-electron chi connectivity index (χ2n) is 5.52. The molecule has 0 spiro atoms. The van der Waals surface area contributed by atoms with Crippen LogP contribution in [0.4, 0.5) is 5.69 Å². The van der Waals surface area contributed by atoms with Crippen LogP contribution in [0.3, 0.4) is 0 Å². The first-order valence-electron chi connectivity index (χ1n) is 8.11. The van der Waals surface area contributed by atoms with Gasteiger partial charge in [-0.3, -0.25) is 9.59 Å². The third-order valence-electron chi connectivity index (χ3n) is 3.44. The molecule has 1 atom stereocenters. The lowest BCUT2D eigenvalue weighted by atomic mass is 10.2. The summed E-state index contributed by atoms with van der Waals surface area (Å²) < 4.78 is 5.59. The molecule has 2 amide bonds. The summed E-state index contributed by atoms with van der Waals surface area (Å²) in [5.74, 6) is -0.0520. The molecule has 0 radical (unpaired) electrons. The van der Waals surface area contributed by atoms with E-state index in [-0.39, 0.29) is 11.8 Å². The molecule has 132 valence electrons. The molecule has 5 nitrogen and oxygen atoms in total. The largest absolute Gasteiger partial charge is 0.479 e. The summed E-state index contributed by atoms with van der Waals surface area (Å²) in [6.45, 7) is 4.23. The number of carbonyl (C=O) groups excluding carboxylic acids is 2. The van der Waals surface area contributed by atoms with Gasteiger partial charge in [-0.1, -0.05) is 36.7 Å². The predicted molar refractivity (Wildman–Crippen MR) is 99.2 cm³/mol. The molecule has 0 bridgehead atoms. The lowest BCUT2D eigenvalue weighted by Gasteiger charge is -2.16. The SMILES string of the molecule is CCCNC(=O)c1cccc(NC(=O)C(C)Oc2ccccc2Cl)c1. The van der Waals surface area contributed by atoms with Crippen molar-refractivity contribution >= 4 is 29.1 Å². The maximum Gasteiger partial charge on any atom is 0.265 e. The van der Waals surface area contributed by atoms with Crippen LogP contribution in [0.2, 0.25) is 5.02 Å². The van der Waals surface area contributed by atoms with E-state index in [4.69, 9.17) is 16.3 Å². The lowest BCUT2D eigenvalue weighted by molar-refractivity contribution is -0.122. The van der Waals surface area contributed by atoms with Crippen LogP contribution < -0.4 is 15.4 Å². The summed E-state index contributed by atoms with van der Waals surface area (Å²) in [6, 6.07) is 13.7. The highest BCUT2D eigenvalue weighted by atomic mass is 35.5. The number of rotatable bonds is 7. The van der Waals surface area contributed by atoms with Gasteiger partial charge >= 0.3 is 0 Å². The number of nitrogens with one attached hydrogen (secondary N) is 2. The van der Waals surface area contributed by atoms with E-state index >= 15 is 0 Å². The molecule has 1 unspecified atom stereocenters. The van der Waals surface area contributed by atoms with Gasteiger partial charge in [0.15, 0.2) is 6.10 Å². The van der Waals surface area contributed by atoms with Crippen molar-refractivity contribution < 1.29 is 14.3 Å². The van der Waals surface area contributed by atoms with E-state index in [9.17, 15) is 9.59 Å². The number of halogens is 1. The Labute approximate surface area is 152 Å². The Balaban J connectivity index is 2.00. The van der Waals surface area contributed by atoms with Gasteiger partial charge in [-0.2, -0.15) is 0 Å². The zero-order valence-corrected chi connectivity index (χ0v) is 15.0. The van der Waals surface area contributed by atoms with Crippen molar-refractivity contribution in [3.63, 3.8) is 0 Å². The van der Waals surface area contributed by atoms with Crippen molar-refractivity contribution in [1.29, 1.82) is 0 Å². The highest BCUT2D eigenvalue weighted by molar-refractivity contribution is 6.32. The molecule has 0 aliphatic heterocycles. The molecule has 2 aromatic rings. The second-order valence-corrected chi connectivity index (χ2v) is 5.92. The van der Waals surface area contributed by atoms with E-state index in [2.05, 4.69) is 10.6 Å². The number of amides is 2. The average Bonchev–Trinajstić information content (AvgIpc) is 2.61. The van der Waals surface area contributed by atoms with Crippen LogP contribution in [0.15, 0.2) is 48.5 Å². The van der Waals surface area contributed by atoms with E-state index in [1.54, 1.807) is 55.5 Å². The average molecular weight is 361 g/mol. The van der Waals surface area contributed by atoms with Crippen molar-refractivity contribution in [2.24, 2.45) is 0 Å². The smallest absolute Gasteiger partial charge is 0.265 e. The molecule has 0 aliphatic carbocycles. The van der Waals surface area contributed by atoms with Gasteiger partial charge in [-0.25, -0.2) is 0 Å². The summed E-state index contributed by atoms with van der Waals surface area (Å²) >= 11 is 6.03. The molecular formula is C19H21ClN2O3. The highest BCUT2D eigenvalue weighted by Crippen LogP contribution is 2.24. The van der Waals surface area contributed by atoms with Crippen LogP contribution in [0.1, 0.15) is 30.6 Å². The van der Waals surface area contributed by atoms with Crippen molar-refractivity contribution in [3.05, 3.63) is 59.1 Å². The Morgan fingerprint density at radius 1 is 1.16 bits per heavy atom. The van der Waals surface area contributed by atoms with E-state index in [1.165, 1.54) is 0 Å². The van der Waals surface area contributed by atoms with Crippen LogP contribution >= 0.6 is 11.6 Å². The van der Waals surface area contributed by atoms with Gasteiger partial charge in [-0.15, -0.1) is 0 Å². The molecule has 0 fully saturated rings. The van der Waals surface area contributed by atoms with Crippen LogP contribution in [0.5, 0.6) is 5.75 Å². The molecule has 0 aromatic heterocycles. The molecule has 25 heavy (non-hydrogen) atoms. The highest BCUT2D eigenvalue weighted by Gasteiger charge is 2.16. The minimum Gasteiger partial charge on any atom is -0.479 e. The summed E-state index contributed by atoms with van der Waals surface area (Å²) in [5, 5.41) is 5.99. The fourth-order valence-corrected chi connectivity index (χ4v) is 2.29. The zero-order chi connectivity index (χ0) is 18.2. The molecule has 2 aromatic carbocycles. The number of ether oxygens (including phenoxy) is 1. The van der Waals surface area contributed by atoms with Gasteiger partial charge in [0.25, 0.3) is 11.8 Å². The van der Waals surface area contributed by atoms with E-state index in [0.717, 1.165) is 6.42 Å². The zero-order valence-electron chi connectivity index (χ0n) is 14.2. The van der Waals surface area contributed by atoms with Crippen LogP contribution in [-0.4, -0.2) is 24.5 Å². The minimum absolute atomic E-state index is 0.168.